The molecule has 3 heterocycles. The van der Waals surface area contributed by atoms with Crippen molar-refractivity contribution in [3.63, 3.8) is 0 Å². The molecule has 1 aliphatic heterocycles. The minimum absolute atomic E-state index is 0.191. The molecule has 15 heteroatoms. The van der Waals surface area contributed by atoms with Gasteiger partial charge < -0.3 is 24.7 Å². The van der Waals surface area contributed by atoms with Crippen molar-refractivity contribution >= 4 is 39.5 Å². The van der Waals surface area contributed by atoms with Gasteiger partial charge in [-0.05, 0) is 73.0 Å². The molecule has 1 unspecified atom stereocenters. The van der Waals surface area contributed by atoms with Gasteiger partial charge in [0.1, 0.15) is 6.10 Å². The zero-order chi connectivity index (χ0) is 39.4. The molecule has 0 radical (unpaired) electrons. The van der Waals surface area contributed by atoms with E-state index in [4.69, 9.17) is 22.4 Å². The molecule has 1 atom stereocenters. The SMILES string of the molecule is CS(=O)(=O)[O-].Cc1ccc(NC(=O)c2ccc(CN3CC[N+](C)(COC(=O)OC(C)c4ccccc4)CC3)cc2)cc1Nc1nccc(-c2cccnc2)n1. The number of carbonyl (C=O) groups is 2. The third-order valence-electron chi connectivity index (χ3n) is 8.93. The Balaban J connectivity index is 0.00000109. The number of aryl methyl sites for hydroxylation is 1. The molecule has 5 aromatic rings. The lowest BCUT2D eigenvalue weighted by atomic mass is 10.1. The number of amides is 1. The molecule has 6 rings (SSSR count). The highest BCUT2D eigenvalue weighted by Crippen LogP contribution is 2.25. The second kappa shape index (κ2) is 18.5. The van der Waals surface area contributed by atoms with E-state index in [0.29, 0.717) is 27.9 Å². The quantitative estimate of drug-likeness (QED) is 0.0894. The van der Waals surface area contributed by atoms with Crippen molar-refractivity contribution in [3.05, 3.63) is 132 Å². The predicted octanol–water partition coefficient (Wildman–Crippen LogP) is 6.14. The lowest BCUT2D eigenvalue weighted by molar-refractivity contribution is -0.929. The number of pyridine rings is 1. The third-order valence-corrected chi connectivity index (χ3v) is 8.93. The molecule has 0 saturated carbocycles. The molecule has 1 fully saturated rings. The van der Waals surface area contributed by atoms with E-state index in [9.17, 15) is 9.59 Å². The lowest BCUT2D eigenvalue weighted by Crippen LogP contribution is -2.58. The molecule has 1 amide bonds. The van der Waals surface area contributed by atoms with Gasteiger partial charge in [-0.15, -0.1) is 0 Å². The maximum Gasteiger partial charge on any atom is 0.513 e. The van der Waals surface area contributed by atoms with E-state index < -0.39 is 16.3 Å². The van der Waals surface area contributed by atoms with Crippen LogP contribution in [-0.4, -0.2) is 95.6 Å². The fourth-order valence-electron chi connectivity index (χ4n) is 5.73. The average molecular weight is 768 g/mol. The second-order valence-electron chi connectivity index (χ2n) is 13.6. The number of ether oxygens (including phenoxy) is 2. The van der Waals surface area contributed by atoms with Gasteiger partial charge in [-0.1, -0.05) is 48.5 Å². The average Bonchev–Trinajstić information content (AvgIpc) is 3.17. The van der Waals surface area contributed by atoms with E-state index in [2.05, 4.69) is 37.5 Å². The lowest BCUT2D eigenvalue weighted by Gasteiger charge is -2.41. The predicted molar refractivity (Wildman–Crippen MR) is 208 cm³/mol. The van der Waals surface area contributed by atoms with Crippen molar-refractivity contribution < 1.29 is 36.5 Å². The van der Waals surface area contributed by atoms with Crippen LogP contribution in [0.25, 0.3) is 11.3 Å². The Hall–Kier alpha value is -5.74. The van der Waals surface area contributed by atoms with E-state index in [-0.39, 0.29) is 18.7 Å². The molecule has 1 aliphatic rings. The number of benzene rings is 3. The van der Waals surface area contributed by atoms with Gasteiger partial charge in [0, 0.05) is 67.0 Å². The van der Waals surface area contributed by atoms with Crippen LogP contribution in [0.1, 0.15) is 40.1 Å². The summed E-state index contributed by atoms with van der Waals surface area (Å²) < 4.78 is 38.8. The highest BCUT2D eigenvalue weighted by molar-refractivity contribution is 7.84. The van der Waals surface area contributed by atoms with E-state index >= 15 is 0 Å². The van der Waals surface area contributed by atoms with E-state index in [1.54, 1.807) is 18.6 Å². The van der Waals surface area contributed by atoms with Crippen LogP contribution in [0.2, 0.25) is 0 Å². The molecule has 2 aromatic heterocycles. The summed E-state index contributed by atoms with van der Waals surface area (Å²) in [5.41, 5.74) is 6.73. The van der Waals surface area contributed by atoms with Crippen LogP contribution in [0.3, 0.4) is 0 Å². The first-order valence-electron chi connectivity index (χ1n) is 17.6. The minimum atomic E-state index is -3.92. The molecule has 0 spiro atoms. The maximum atomic E-state index is 13.2. The Morgan fingerprint density at radius 2 is 1.67 bits per heavy atom. The van der Waals surface area contributed by atoms with Crippen LogP contribution >= 0.6 is 0 Å². The third kappa shape index (κ3) is 13.0. The summed E-state index contributed by atoms with van der Waals surface area (Å²) in [5, 5.41) is 6.30. The Morgan fingerprint density at radius 3 is 2.35 bits per heavy atom. The molecular formula is C40H45N7O7S. The topological polar surface area (TPSA) is 176 Å². The van der Waals surface area contributed by atoms with E-state index in [1.807, 2.05) is 105 Å². The standard InChI is InChI=1S/C39H41N7O4.CH4O3S/c1-28-11-16-34(24-36(28)44-38-41-19-17-35(43-38)33-10-7-18-40-25-33)42-37(47)32-14-12-30(13-15-32)26-45-20-22-46(3,23-21-45)27-49-39(48)50-29(2)31-8-5-4-6-9-31;1-5(2,3)4/h4-19,24-25,29H,20-23,26-27H2,1-3H3,(H-,41,42,43,44,47);1H3,(H,2,3,4). The molecule has 14 nitrogen and oxygen atoms in total. The van der Waals surface area contributed by atoms with Crippen molar-refractivity contribution in [2.24, 2.45) is 0 Å². The van der Waals surface area contributed by atoms with Gasteiger partial charge in [-0.2, -0.15) is 0 Å². The van der Waals surface area contributed by atoms with Crippen molar-refractivity contribution in [2.45, 2.75) is 26.5 Å². The number of rotatable bonds is 11. The minimum Gasteiger partial charge on any atom is -0.748 e. The summed E-state index contributed by atoms with van der Waals surface area (Å²) in [5.74, 6) is 0.261. The summed E-state index contributed by atoms with van der Waals surface area (Å²) in [4.78, 5) is 41.1. The van der Waals surface area contributed by atoms with Gasteiger partial charge in [0.2, 0.25) is 12.7 Å². The van der Waals surface area contributed by atoms with Crippen molar-refractivity contribution in [1.29, 1.82) is 0 Å². The first-order chi connectivity index (χ1) is 26.2. The van der Waals surface area contributed by atoms with Crippen LogP contribution in [0.4, 0.5) is 22.1 Å². The molecule has 1 saturated heterocycles. The number of piperazine rings is 1. The largest absolute Gasteiger partial charge is 0.748 e. The first kappa shape index (κ1) is 40.4. The fourth-order valence-corrected chi connectivity index (χ4v) is 5.73. The molecule has 0 bridgehead atoms. The van der Waals surface area contributed by atoms with Crippen LogP contribution in [0.5, 0.6) is 0 Å². The van der Waals surface area contributed by atoms with Crippen molar-refractivity contribution in [2.75, 3.05) is 56.8 Å². The van der Waals surface area contributed by atoms with Crippen molar-refractivity contribution in [3.8, 4) is 11.3 Å². The summed E-state index contributed by atoms with van der Waals surface area (Å²) >= 11 is 0. The number of likely N-dealkylation sites (N-methyl/N-ethyl adjacent to an activating group) is 1. The summed E-state index contributed by atoms with van der Waals surface area (Å²) in [6, 6.07) is 28.7. The number of nitrogens with one attached hydrogen (secondary N) is 2. The molecule has 3 aromatic carbocycles. The monoisotopic (exact) mass is 767 g/mol. The second-order valence-corrected chi connectivity index (χ2v) is 15.0. The Kier molecular flexibility index (Phi) is 13.6. The number of hydrogen-bond donors (Lipinski definition) is 2. The Labute approximate surface area is 321 Å². The molecule has 0 aliphatic carbocycles. The summed E-state index contributed by atoms with van der Waals surface area (Å²) in [6.45, 7) is 8.28. The van der Waals surface area contributed by atoms with Crippen LogP contribution in [-0.2, 0) is 26.1 Å². The Bertz CT molecular complexity index is 2140. The van der Waals surface area contributed by atoms with Crippen LogP contribution in [0.15, 0.2) is 110 Å². The van der Waals surface area contributed by atoms with Gasteiger partial charge >= 0.3 is 6.16 Å². The molecule has 55 heavy (non-hydrogen) atoms. The summed E-state index contributed by atoms with van der Waals surface area (Å²) in [6.07, 6.45) is 4.77. The maximum absolute atomic E-state index is 13.2. The number of nitrogens with zero attached hydrogens (tertiary/aromatic N) is 5. The summed E-state index contributed by atoms with van der Waals surface area (Å²) in [7, 11) is -1.82. The zero-order valence-electron chi connectivity index (χ0n) is 31.2. The van der Waals surface area contributed by atoms with Crippen molar-refractivity contribution in [1.82, 2.24) is 19.9 Å². The van der Waals surface area contributed by atoms with Crippen LogP contribution < -0.4 is 10.6 Å². The highest BCUT2D eigenvalue weighted by atomic mass is 32.2. The first-order valence-corrected chi connectivity index (χ1v) is 19.4. The van der Waals surface area contributed by atoms with E-state index in [0.717, 1.165) is 66.4 Å². The van der Waals surface area contributed by atoms with Gasteiger partial charge in [-0.25, -0.2) is 23.2 Å². The number of hydrogen-bond acceptors (Lipinski definition) is 12. The fraction of sp³-hybridized carbons (Fsp3) is 0.275. The number of anilines is 3. The van der Waals surface area contributed by atoms with Crippen LogP contribution in [0, 0.1) is 6.92 Å². The van der Waals surface area contributed by atoms with Gasteiger partial charge in [0.25, 0.3) is 5.91 Å². The smallest absolute Gasteiger partial charge is 0.513 e. The molecular weight excluding hydrogens is 723 g/mol. The number of carbonyl (C=O) groups excluding carboxylic acids is 2. The Morgan fingerprint density at radius 1 is 0.964 bits per heavy atom. The van der Waals surface area contributed by atoms with Gasteiger partial charge in [0.15, 0.2) is 0 Å². The normalized spacial score (nSPS) is 14.4. The van der Waals surface area contributed by atoms with E-state index in [1.165, 1.54) is 0 Å². The zero-order valence-corrected chi connectivity index (χ0v) is 32.0. The molecule has 2 N–H and O–H groups in total. The number of aromatic nitrogens is 3. The number of quaternary nitrogens is 1. The van der Waals surface area contributed by atoms with Gasteiger partial charge in [0.05, 0.1) is 35.9 Å². The van der Waals surface area contributed by atoms with Gasteiger partial charge in [-0.3, -0.25) is 19.2 Å². The highest BCUT2D eigenvalue weighted by Gasteiger charge is 2.30. The molecule has 288 valence electrons.